The number of fused-ring (bicyclic) bond motifs is 3. The van der Waals surface area contributed by atoms with Crippen molar-refractivity contribution in [2.75, 3.05) is 32.5 Å². The molecule has 3 aromatic rings. The molecule has 0 atom stereocenters. The van der Waals surface area contributed by atoms with Gasteiger partial charge in [0, 0.05) is 29.4 Å². The van der Waals surface area contributed by atoms with Crippen molar-refractivity contribution in [2.45, 2.75) is 0 Å². The van der Waals surface area contributed by atoms with Crippen molar-refractivity contribution < 1.29 is 5.53 Å². The van der Waals surface area contributed by atoms with Gasteiger partial charge in [-0.3, -0.25) is 0 Å². The summed E-state index contributed by atoms with van der Waals surface area (Å²) in [5, 5.41) is 14.7. The van der Waals surface area contributed by atoms with Crippen molar-refractivity contribution in [1.82, 2.24) is 9.88 Å². The number of thiophene rings is 1. The second kappa shape index (κ2) is 6.90. The molecule has 0 saturated heterocycles. The van der Waals surface area contributed by atoms with Gasteiger partial charge in [-0.2, -0.15) is 5.53 Å². The van der Waals surface area contributed by atoms with Gasteiger partial charge in [-0.05, 0) is 37.7 Å². The van der Waals surface area contributed by atoms with Crippen LogP contribution in [0, 0.1) is 0 Å². The molecule has 5 N–H and O–H groups in total. The molecular weight excluding hydrogens is 322 g/mol. The first-order valence-electron chi connectivity index (χ1n) is 7.53. The van der Waals surface area contributed by atoms with E-state index in [9.17, 15) is 0 Å². The average molecular weight is 342 g/mol. The lowest BCUT2D eigenvalue weighted by Crippen LogP contribution is -2.23. The van der Waals surface area contributed by atoms with E-state index in [1.165, 1.54) is 5.39 Å². The van der Waals surface area contributed by atoms with Crippen LogP contribution in [0.25, 0.3) is 21.0 Å². The van der Waals surface area contributed by atoms with Crippen molar-refractivity contribution >= 4 is 44.0 Å². The molecule has 0 aliphatic carbocycles. The summed E-state index contributed by atoms with van der Waals surface area (Å²) in [6, 6.07) is 7.94. The molecule has 24 heavy (non-hydrogen) atoms. The zero-order valence-corrected chi connectivity index (χ0v) is 14.5. The summed E-state index contributed by atoms with van der Waals surface area (Å²) in [5.41, 5.74) is 12.6. The molecule has 0 radical (unpaired) electrons. The number of nitrogens with one attached hydrogen (secondary N) is 1. The van der Waals surface area contributed by atoms with E-state index in [2.05, 4.69) is 32.0 Å². The van der Waals surface area contributed by atoms with Crippen LogP contribution < -0.4 is 16.6 Å². The van der Waals surface area contributed by atoms with Crippen molar-refractivity contribution in [3.63, 3.8) is 0 Å². The van der Waals surface area contributed by atoms with Crippen LogP contribution in [0.15, 0.2) is 40.0 Å². The summed E-state index contributed by atoms with van der Waals surface area (Å²) < 4.78 is 1.16. The Balaban J connectivity index is 2.07. The van der Waals surface area contributed by atoms with E-state index in [-0.39, 0.29) is 5.84 Å². The first kappa shape index (κ1) is 16.3. The summed E-state index contributed by atoms with van der Waals surface area (Å²) in [4.78, 5) is 6.91. The first-order chi connectivity index (χ1) is 11.6. The number of nitrogens with two attached hydrogens (primary N) is 2. The molecule has 8 heteroatoms. The summed E-state index contributed by atoms with van der Waals surface area (Å²) in [5.74, 6) is 1.17. The number of pyridine rings is 1. The summed E-state index contributed by atoms with van der Waals surface area (Å²) in [7, 11) is 4.10. The lowest BCUT2D eigenvalue weighted by Gasteiger charge is -2.12. The van der Waals surface area contributed by atoms with E-state index < -0.39 is 0 Å². The van der Waals surface area contributed by atoms with Crippen LogP contribution in [0.4, 0.5) is 5.82 Å². The van der Waals surface area contributed by atoms with E-state index in [1.807, 2.05) is 32.3 Å². The Hall–Kier alpha value is -2.58. The Morgan fingerprint density at radius 3 is 2.92 bits per heavy atom. The smallest absolute Gasteiger partial charge is 0.273 e. The van der Waals surface area contributed by atoms with Gasteiger partial charge in [0.25, 0.3) is 5.84 Å². The lowest BCUT2D eigenvalue weighted by atomic mass is 10.1. The molecule has 0 aliphatic heterocycles. The molecule has 1 aromatic carbocycles. The van der Waals surface area contributed by atoms with Gasteiger partial charge in [0.2, 0.25) is 0 Å². The van der Waals surface area contributed by atoms with Crippen LogP contribution in [0.3, 0.4) is 0 Å². The van der Waals surface area contributed by atoms with Crippen LogP contribution in [0.5, 0.6) is 0 Å². The Morgan fingerprint density at radius 1 is 1.33 bits per heavy atom. The number of likely N-dealkylation sites (N-methyl/N-ethyl adjacent to an activating group) is 1. The van der Waals surface area contributed by atoms with E-state index in [1.54, 1.807) is 11.3 Å². The number of amidine groups is 1. The van der Waals surface area contributed by atoms with Gasteiger partial charge in [-0.1, -0.05) is 6.07 Å². The minimum Gasteiger partial charge on any atom is -0.368 e. The molecule has 0 aliphatic rings. The number of nitrogens with zero attached hydrogens (tertiary/aromatic N) is 4. The van der Waals surface area contributed by atoms with E-state index in [0.29, 0.717) is 0 Å². The molecule has 124 valence electrons. The average Bonchev–Trinajstić information content (AvgIpc) is 3.04. The zero-order valence-electron chi connectivity index (χ0n) is 13.7. The predicted molar refractivity (Wildman–Crippen MR) is 99.2 cm³/mol. The van der Waals surface area contributed by atoms with Gasteiger partial charge in [-0.15, -0.1) is 11.3 Å². The standard InChI is InChI=1S/C16H19N7S/c1-23(2)7-6-19-16-14-12(5-8-24-14)11-4-3-10(9-13(11)20-16)15(17)21-22-18/h3-5,8-9H,6-7H2,1-2H3,(H,19,20)(H3,17,18,21)/p+1. The number of hydrogen-bond acceptors (Lipinski definition) is 5. The largest absolute Gasteiger partial charge is 0.368 e. The Kier molecular flexibility index (Phi) is 4.68. The highest BCUT2D eigenvalue weighted by Crippen LogP contribution is 2.33. The molecule has 0 saturated carbocycles. The normalized spacial score (nSPS) is 12.2. The Bertz CT molecular complexity index is 913. The molecule has 0 amide bonds. The molecule has 0 unspecified atom stereocenters. The fourth-order valence-corrected chi connectivity index (χ4v) is 3.40. The van der Waals surface area contributed by atoms with Crippen LogP contribution in [-0.4, -0.2) is 42.9 Å². The topological polar surface area (TPSA) is 104 Å². The third-order valence-corrected chi connectivity index (χ3v) is 4.63. The highest BCUT2D eigenvalue weighted by molar-refractivity contribution is 7.18. The van der Waals surface area contributed by atoms with Crippen molar-refractivity contribution in [3.8, 4) is 0 Å². The van der Waals surface area contributed by atoms with Crippen LogP contribution >= 0.6 is 11.3 Å². The highest BCUT2D eigenvalue weighted by Gasteiger charge is 2.12. The Morgan fingerprint density at radius 2 is 2.17 bits per heavy atom. The zero-order chi connectivity index (χ0) is 17.1. The molecule has 2 heterocycles. The number of anilines is 1. The molecule has 0 spiro atoms. The lowest BCUT2D eigenvalue weighted by molar-refractivity contribution is -0.221. The number of hydrogen-bond donors (Lipinski definition) is 3. The number of aromatic nitrogens is 1. The molecule has 0 fully saturated rings. The van der Waals surface area contributed by atoms with E-state index in [0.717, 1.165) is 40.1 Å². The van der Waals surface area contributed by atoms with Crippen LogP contribution in [0.2, 0.25) is 0 Å². The molecular formula is C16H20N7S+. The second-order valence-corrected chi connectivity index (χ2v) is 6.60. The van der Waals surface area contributed by atoms with Crippen molar-refractivity contribution in [1.29, 1.82) is 0 Å². The maximum atomic E-state index is 5.87. The fraction of sp³-hybridized carbons (Fsp3) is 0.250. The summed E-state index contributed by atoms with van der Waals surface area (Å²) in [6.45, 7) is 1.76. The molecule has 7 nitrogen and oxygen atoms in total. The predicted octanol–water partition coefficient (Wildman–Crippen LogP) is 1.25. The summed E-state index contributed by atoms with van der Waals surface area (Å²) in [6.07, 6.45) is 0. The van der Waals surface area contributed by atoms with Crippen LogP contribution in [0.1, 0.15) is 5.56 Å². The third kappa shape index (κ3) is 3.19. The monoisotopic (exact) mass is 342 g/mol. The molecule has 2 aromatic heterocycles. The quantitative estimate of drug-likeness (QED) is 0.271. The molecule has 0 bridgehead atoms. The second-order valence-electron chi connectivity index (χ2n) is 5.69. The minimum atomic E-state index is 0.272. The SMILES string of the molecule is CN(C)CCNc1nc2cc(/C(N)=N/N=[NH2+])ccc2c2ccsc12. The molecule has 3 rings (SSSR count). The number of rotatable bonds is 6. The van der Waals surface area contributed by atoms with Gasteiger partial charge < -0.3 is 16.0 Å². The van der Waals surface area contributed by atoms with E-state index >= 15 is 0 Å². The van der Waals surface area contributed by atoms with Crippen LogP contribution in [-0.2, 0) is 0 Å². The van der Waals surface area contributed by atoms with Gasteiger partial charge in [0.1, 0.15) is 11.0 Å². The Labute approximate surface area is 143 Å². The minimum absolute atomic E-state index is 0.272. The third-order valence-electron chi connectivity index (χ3n) is 3.71. The fourth-order valence-electron chi connectivity index (χ4n) is 2.52. The van der Waals surface area contributed by atoms with Gasteiger partial charge >= 0.3 is 0 Å². The van der Waals surface area contributed by atoms with Crippen molar-refractivity contribution in [2.24, 2.45) is 16.1 Å². The van der Waals surface area contributed by atoms with Gasteiger partial charge in [0.15, 0.2) is 0 Å². The van der Waals surface area contributed by atoms with E-state index in [4.69, 9.17) is 16.2 Å². The first-order valence-corrected chi connectivity index (χ1v) is 8.41. The summed E-state index contributed by atoms with van der Waals surface area (Å²) >= 11 is 1.69. The maximum Gasteiger partial charge on any atom is 0.273 e. The maximum absolute atomic E-state index is 5.87. The highest BCUT2D eigenvalue weighted by atomic mass is 32.1. The van der Waals surface area contributed by atoms with Crippen molar-refractivity contribution in [3.05, 3.63) is 35.2 Å². The number of benzene rings is 1. The van der Waals surface area contributed by atoms with Gasteiger partial charge in [-0.25, -0.2) is 4.98 Å². The van der Waals surface area contributed by atoms with Gasteiger partial charge in [0.05, 0.1) is 15.3 Å².